The van der Waals surface area contributed by atoms with Gasteiger partial charge >= 0.3 is 0 Å². The number of nitrogens with zero attached hydrogens (tertiary/aromatic N) is 3. The maximum Gasteiger partial charge on any atom is 0.211 e. The summed E-state index contributed by atoms with van der Waals surface area (Å²) in [6.45, 7) is 8.79. The lowest BCUT2D eigenvalue weighted by atomic mass is 9.86. The Balaban J connectivity index is 1.87. The van der Waals surface area contributed by atoms with Gasteiger partial charge in [0.15, 0.2) is 5.96 Å². The van der Waals surface area contributed by atoms with Crippen LogP contribution in [0.3, 0.4) is 0 Å². The molecule has 2 fully saturated rings. The second-order valence-corrected chi connectivity index (χ2v) is 9.20. The van der Waals surface area contributed by atoms with Crippen LogP contribution in [0, 0.1) is 5.41 Å². The van der Waals surface area contributed by atoms with Crippen LogP contribution in [0.2, 0.25) is 0 Å². The van der Waals surface area contributed by atoms with E-state index >= 15 is 0 Å². The number of likely N-dealkylation sites (tertiary alicyclic amines) is 1. The fraction of sp³-hybridized carbons (Fsp3) is 0.941. The van der Waals surface area contributed by atoms with Gasteiger partial charge in [-0.1, -0.05) is 19.8 Å². The third-order valence-corrected chi connectivity index (χ3v) is 6.76. The molecule has 2 aliphatic rings. The molecule has 0 aromatic rings. The Morgan fingerprint density at radius 1 is 1.25 bits per heavy atom. The number of sulfonamides is 1. The van der Waals surface area contributed by atoms with Crippen LogP contribution in [0.15, 0.2) is 4.99 Å². The summed E-state index contributed by atoms with van der Waals surface area (Å²) in [5.74, 6) is 1.00. The predicted molar refractivity (Wildman–Crippen MR) is 99.8 cm³/mol. The first-order valence-electron chi connectivity index (χ1n) is 9.38. The van der Waals surface area contributed by atoms with Gasteiger partial charge in [-0.05, 0) is 38.0 Å². The van der Waals surface area contributed by atoms with Gasteiger partial charge in [-0.15, -0.1) is 0 Å². The van der Waals surface area contributed by atoms with Gasteiger partial charge in [0.2, 0.25) is 10.0 Å². The van der Waals surface area contributed by atoms with Crippen LogP contribution < -0.4 is 5.32 Å². The monoisotopic (exact) mass is 358 g/mol. The van der Waals surface area contributed by atoms with Gasteiger partial charge in [-0.25, -0.2) is 12.7 Å². The summed E-state index contributed by atoms with van der Waals surface area (Å²) in [5.41, 5.74) is 0.533. The van der Waals surface area contributed by atoms with Crippen LogP contribution in [0.25, 0.3) is 0 Å². The van der Waals surface area contributed by atoms with E-state index in [9.17, 15) is 8.42 Å². The van der Waals surface area contributed by atoms with Gasteiger partial charge in [-0.3, -0.25) is 4.99 Å². The number of hydrogen-bond donors (Lipinski definition) is 1. The summed E-state index contributed by atoms with van der Waals surface area (Å²) < 4.78 is 24.7. The average molecular weight is 359 g/mol. The predicted octanol–water partition coefficient (Wildman–Crippen LogP) is 1.89. The number of nitrogens with one attached hydrogen (secondary N) is 1. The van der Waals surface area contributed by atoms with E-state index in [-0.39, 0.29) is 0 Å². The Morgan fingerprint density at radius 2 is 1.96 bits per heavy atom. The summed E-state index contributed by atoms with van der Waals surface area (Å²) in [7, 11) is -3.10. The van der Waals surface area contributed by atoms with E-state index in [0.717, 1.165) is 32.0 Å². The molecule has 1 N–H and O–H groups in total. The number of guanidine groups is 1. The van der Waals surface area contributed by atoms with E-state index in [2.05, 4.69) is 17.1 Å². The molecule has 6 nitrogen and oxygen atoms in total. The molecule has 1 aliphatic carbocycles. The second kappa shape index (κ2) is 8.52. The van der Waals surface area contributed by atoms with Crippen molar-refractivity contribution in [3.8, 4) is 0 Å². The minimum Gasteiger partial charge on any atom is -0.357 e. The molecule has 2 rings (SSSR count). The maximum atomic E-state index is 11.6. The molecule has 0 amide bonds. The van der Waals surface area contributed by atoms with Gasteiger partial charge in [0.05, 0.1) is 6.26 Å². The summed E-state index contributed by atoms with van der Waals surface area (Å²) >= 11 is 0. The van der Waals surface area contributed by atoms with E-state index in [1.807, 2.05) is 6.92 Å². The lowest BCUT2D eigenvalue weighted by molar-refractivity contribution is 0.309. The van der Waals surface area contributed by atoms with Gasteiger partial charge in [-0.2, -0.15) is 0 Å². The van der Waals surface area contributed by atoms with Crippen molar-refractivity contribution in [2.45, 2.75) is 52.4 Å². The maximum absolute atomic E-state index is 11.6. The highest BCUT2D eigenvalue weighted by Gasteiger charge is 2.41. The Kier molecular flexibility index (Phi) is 6.92. The highest BCUT2D eigenvalue weighted by Crippen LogP contribution is 2.45. The SMILES string of the molecule is CCNC(=NCCCN(CC)S(C)(=O)=O)N1CCC2(CCCC2)C1. The van der Waals surface area contributed by atoms with Crippen LogP contribution >= 0.6 is 0 Å². The topological polar surface area (TPSA) is 65.0 Å². The van der Waals surface area contributed by atoms with Crippen molar-refractivity contribution >= 4 is 16.0 Å². The smallest absolute Gasteiger partial charge is 0.211 e. The average Bonchev–Trinajstić information content (AvgIpc) is 3.15. The van der Waals surface area contributed by atoms with Crippen molar-refractivity contribution in [1.82, 2.24) is 14.5 Å². The molecule has 0 unspecified atom stereocenters. The Bertz CT molecular complexity index is 527. The third-order valence-electron chi connectivity index (χ3n) is 5.39. The van der Waals surface area contributed by atoms with Crippen molar-refractivity contribution < 1.29 is 8.42 Å². The zero-order valence-electron chi connectivity index (χ0n) is 15.6. The third kappa shape index (κ3) is 5.09. The van der Waals surface area contributed by atoms with Gasteiger partial charge in [0, 0.05) is 39.3 Å². The summed E-state index contributed by atoms with van der Waals surface area (Å²) in [5, 5.41) is 3.41. The molecule has 1 saturated heterocycles. The van der Waals surface area contributed by atoms with Crippen molar-refractivity contribution in [3.63, 3.8) is 0 Å². The lowest BCUT2D eigenvalue weighted by Crippen LogP contribution is -2.41. The Labute approximate surface area is 147 Å². The molecule has 0 atom stereocenters. The van der Waals surface area contributed by atoms with Crippen molar-refractivity contribution in [3.05, 3.63) is 0 Å². The van der Waals surface area contributed by atoms with Crippen molar-refractivity contribution in [1.29, 1.82) is 0 Å². The van der Waals surface area contributed by atoms with E-state index in [1.165, 1.54) is 42.7 Å². The zero-order valence-corrected chi connectivity index (χ0v) is 16.4. The number of rotatable bonds is 7. The Morgan fingerprint density at radius 3 is 2.54 bits per heavy atom. The molecule has 0 radical (unpaired) electrons. The van der Waals surface area contributed by atoms with E-state index in [4.69, 9.17) is 4.99 Å². The molecule has 1 spiro atoms. The lowest BCUT2D eigenvalue weighted by Gasteiger charge is -2.26. The standard InChI is InChI=1S/C17H34N4O2S/c1-4-18-16(19-12-8-13-21(5-2)24(3,22)23)20-14-11-17(15-20)9-6-7-10-17/h4-15H2,1-3H3,(H,18,19). The van der Waals surface area contributed by atoms with Crippen LogP contribution in [0.4, 0.5) is 0 Å². The van der Waals surface area contributed by atoms with Gasteiger partial charge in [0.25, 0.3) is 0 Å². The van der Waals surface area contributed by atoms with Crippen LogP contribution in [0.5, 0.6) is 0 Å². The zero-order chi connectivity index (χ0) is 17.6. The van der Waals surface area contributed by atoms with Crippen molar-refractivity contribution in [2.24, 2.45) is 10.4 Å². The fourth-order valence-corrected chi connectivity index (χ4v) is 5.00. The van der Waals surface area contributed by atoms with Gasteiger partial charge in [0.1, 0.15) is 0 Å². The summed E-state index contributed by atoms with van der Waals surface area (Å²) in [6, 6.07) is 0. The minimum atomic E-state index is -3.10. The van der Waals surface area contributed by atoms with E-state index in [0.29, 0.717) is 25.0 Å². The number of hydrogen-bond acceptors (Lipinski definition) is 3. The summed E-state index contributed by atoms with van der Waals surface area (Å²) in [4.78, 5) is 7.15. The summed E-state index contributed by atoms with van der Waals surface area (Å²) in [6.07, 6.45) is 8.80. The molecule has 0 aromatic carbocycles. The fourth-order valence-electron chi connectivity index (χ4n) is 4.07. The Hall–Kier alpha value is -0.820. The molecule has 0 aromatic heterocycles. The van der Waals surface area contributed by atoms with Crippen molar-refractivity contribution in [2.75, 3.05) is 45.5 Å². The minimum absolute atomic E-state index is 0.525. The first-order chi connectivity index (χ1) is 11.4. The second-order valence-electron chi connectivity index (χ2n) is 7.22. The van der Waals surface area contributed by atoms with Crippen LogP contribution in [-0.2, 0) is 10.0 Å². The quantitative estimate of drug-likeness (QED) is 0.429. The van der Waals surface area contributed by atoms with Gasteiger partial charge < -0.3 is 10.2 Å². The normalized spacial score (nSPS) is 21.2. The molecule has 0 bridgehead atoms. The highest BCUT2D eigenvalue weighted by molar-refractivity contribution is 7.88. The molecule has 140 valence electrons. The first kappa shape index (κ1) is 19.5. The molecule has 24 heavy (non-hydrogen) atoms. The highest BCUT2D eigenvalue weighted by atomic mass is 32.2. The largest absolute Gasteiger partial charge is 0.357 e. The van der Waals surface area contributed by atoms with Crippen LogP contribution in [0.1, 0.15) is 52.4 Å². The van der Waals surface area contributed by atoms with E-state index < -0.39 is 10.0 Å². The molecular formula is C17H34N4O2S. The number of aliphatic imine (C=N–C) groups is 1. The van der Waals surface area contributed by atoms with Crippen LogP contribution in [-0.4, -0.2) is 69.1 Å². The first-order valence-corrected chi connectivity index (χ1v) is 11.2. The molecular weight excluding hydrogens is 324 g/mol. The molecule has 1 saturated carbocycles. The molecule has 7 heteroatoms. The molecule has 1 heterocycles. The molecule has 1 aliphatic heterocycles. The van der Waals surface area contributed by atoms with E-state index in [1.54, 1.807) is 0 Å².